The average molecular weight is 265 g/mol. The van der Waals surface area contributed by atoms with E-state index in [1.807, 2.05) is 6.07 Å². The number of rotatable bonds is 5. The zero-order valence-corrected chi connectivity index (χ0v) is 10.1. The molecular weight excluding hydrogens is 251 g/mol. The predicted octanol–water partition coefficient (Wildman–Crippen LogP) is 1.64. The Balaban J connectivity index is 2.51. The van der Waals surface area contributed by atoms with Crippen molar-refractivity contribution in [3.8, 4) is 0 Å². The van der Waals surface area contributed by atoms with Crippen LogP contribution in [0.1, 0.15) is 12.0 Å². The standard InChI is InChI=1S/C11H14Cl2O3/c12-8-3-1-7(5-9(8)13)2-4-10(15)11(16)6-14/h1,3,5,10-11,14-16H,2,4,6H2/t10-,11?/m0/s1. The highest BCUT2D eigenvalue weighted by Crippen LogP contribution is 2.23. The third kappa shape index (κ3) is 3.92. The van der Waals surface area contributed by atoms with Crippen molar-refractivity contribution in [1.82, 2.24) is 0 Å². The van der Waals surface area contributed by atoms with Crippen LogP contribution in [0.2, 0.25) is 10.0 Å². The minimum atomic E-state index is -1.09. The fourth-order valence-electron chi connectivity index (χ4n) is 1.32. The highest BCUT2D eigenvalue weighted by molar-refractivity contribution is 6.42. The molecule has 0 aliphatic heterocycles. The van der Waals surface area contributed by atoms with E-state index in [0.717, 1.165) is 5.56 Å². The van der Waals surface area contributed by atoms with Crippen molar-refractivity contribution < 1.29 is 15.3 Å². The van der Waals surface area contributed by atoms with Crippen LogP contribution in [0.15, 0.2) is 18.2 Å². The Morgan fingerprint density at radius 3 is 2.31 bits per heavy atom. The molecule has 2 atom stereocenters. The molecule has 1 unspecified atom stereocenters. The normalized spacial score (nSPS) is 14.8. The molecule has 0 spiro atoms. The summed E-state index contributed by atoms with van der Waals surface area (Å²) in [6.45, 7) is -0.442. The van der Waals surface area contributed by atoms with Gasteiger partial charge in [0.15, 0.2) is 0 Å². The quantitative estimate of drug-likeness (QED) is 0.758. The molecule has 1 aromatic carbocycles. The van der Waals surface area contributed by atoms with E-state index in [2.05, 4.69) is 0 Å². The number of aliphatic hydroxyl groups is 3. The van der Waals surface area contributed by atoms with E-state index in [1.54, 1.807) is 12.1 Å². The molecule has 0 fully saturated rings. The number of halogens is 2. The van der Waals surface area contributed by atoms with Crippen molar-refractivity contribution in [2.24, 2.45) is 0 Å². The molecule has 0 amide bonds. The van der Waals surface area contributed by atoms with E-state index < -0.39 is 18.8 Å². The first-order chi connectivity index (χ1) is 7.54. The molecule has 0 radical (unpaired) electrons. The summed E-state index contributed by atoms with van der Waals surface area (Å²) >= 11 is 11.6. The summed E-state index contributed by atoms with van der Waals surface area (Å²) in [5.74, 6) is 0. The highest BCUT2D eigenvalue weighted by atomic mass is 35.5. The topological polar surface area (TPSA) is 60.7 Å². The lowest BCUT2D eigenvalue weighted by molar-refractivity contribution is -0.0172. The van der Waals surface area contributed by atoms with Gasteiger partial charge < -0.3 is 15.3 Å². The summed E-state index contributed by atoms with van der Waals surface area (Å²) in [6, 6.07) is 5.22. The smallest absolute Gasteiger partial charge is 0.103 e. The van der Waals surface area contributed by atoms with Crippen LogP contribution < -0.4 is 0 Å². The number of aliphatic hydroxyl groups excluding tert-OH is 3. The van der Waals surface area contributed by atoms with Gasteiger partial charge in [0.05, 0.1) is 22.8 Å². The Labute approximate surface area is 104 Å². The second-order valence-corrected chi connectivity index (χ2v) is 4.42. The van der Waals surface area contributed by atoms with Crippen molar-refractivity contribution in [3.05, 3.63) is 33.8 Å². The monoisotopic (exact) mass is 264 g/mol. The van der Waals surface area contributed by atoms with E-state index in [1.165, 1.54) is 0 Å². The SMILES string of the molecule is OCC(O)[C@@H](O)CCc1ccc(Cl)c(Cl)c1. The van der Waals surface area contributed by atoms with Crippen LogP contribution >= 0.6 is 23.2 Å². The van der Waals surface area contributed by atoms with Crippen LogP contribution in [-0.2, 0) is 6.42 Å². The number of hydrogen-bond acceptors (Lipinski definition) is 3. The zero-order valence-electron chi connectivity index (χ0n) is 8.61. The summed E-state index contributed by atoms with van der Waals surface area (Å²) in [4.78, 5) is 0. The van der Waals surface area contributed by atoms with E-state index >= 15 is 0 Å². The van der Waals surface area contributed by atoms with Gasteiger partial charge in [-0.15, -0.1) is 0 Å². The van der Waals surface area contributed by atoms with Crippen molar-refractivity contribution in [2.45, 2.75) is 25.0 Å². The second-order valence-electron chi connectivity index (χ2n) is 3.60. The molecule has 1 rings (SSSR count). The first kappa shape index (κ1) is 13.7. The Hall–Kier alpha value is -0.320. The molecule has 0 saturated heterocycles. The van der Waals surface area contributed by atoms with E-state index in [0.29, 0.717) is 22.9 Å². The van der Waals surface area contributed by atoms with E-state index in [9.17, 15) is 5.11 Å². The molecule has 90 valence electrons. The van der Waals surface area contributed by atoms with Crippen molar-refractivity contribution in [2.75, 3.05) is 6.61 Å². The average Bonchev–Trinajstić information content (AvgIpc) is 2.29. The molecule has 0 bridgehead atoms. The molecule has 3 nitrogen and oxygen atoms in total. The lowest BCUT2D eigenvalue weighted by Gasteiger charge is -2.15. The van der Waals surface area contributed by atoms with Crippen molar-refractivity contribution in [3.63, 3.8) is 0 Å². The molecule has 3 N–H and O–H groups in total. The van der Waals surface area contributed by atoms with Gasteiger partial charge in [-0.1, -0.05) is 29.3 Å². The van der Waals surface area contributed by atoms with Crippen molar-refractivity contribution >= 4 is 23.2 Å². The van der Waals surface area contributed by atoms with Gasteiger partial charge in [-0.25, -0.2) is 0 Å². The maximum absolute atomic E-state index is 9.43. The zero-order chi connectivity index (χ0) is 12.1. The lowest BCUT2D eigenvalue weighted by Crippen LogP contribution is -2.29. The molecule has 0 aromatic heterocycles. The highest BCUT2D eigenvalue weighted by Gasteiger charge is 2.14. The summed E-state index contributed by atoms with van der Waals surface area (Å²) in [5.41, 5.74) is 0.929. The molecule has 0 heterocycles. The summed E-state index contributed by atoms with van der Waals surface area (Å²) in [6.07, 6.45) is -1.10. The molecule has 0 aliphatic rings. The first-order valence-corrected chi connectivity index (χ1v) is 5.71. The maximum Gasteiger partial charge on any atom is 0.103 e. The molecular formula is C11H14Cl2O3. The fraction of sp³-hybridized carbons (Fsp3) is 0.455. The van der Waals surface area contributed by atoms with Gasteiger partial charge in [0.1, 0.15) is 6.10 Å². The third-order valence-corrected chi connectivity index (χ3v) is 3.08. The van der Waals surface area contributed by atoms with Crippen LogP contribution in [0.5, 0.6) is 0 Å². The molecule has 0 saturated carbocycles. The molecule has 16 heavy (non-hydrogen) atoms. The predicted molar refractivity (Wildman–Crippen MR) is 63.9 cm³/mol. The molecule has 5 heteroatoms. The minimum Gasteiger partial charge on any atom is -0.394 e. The van der Waals surface area contributed by atoms with Crippen LogP contribution in [-0.4, -0.2) is 34.1 Å². The van der Waals surface area contributed by atoms with E-state index in [4.69, 9.17) is 33.4 Å². The summed E-state index contributed by atoms with van der Waals surface area (Å²) < 4.78 is 0. The number of benzene rings is 1. The second kappa shape index (κ2) is 6.42. The largest absolute Gasteiger partial charge is 0.394 e. The van der Waals surface area contributed by atoms with Gasteiger partial charge in [0, 0.05) is 0 Å². The third-order valence-electron chi connectivity index (χ3n) is 2.34. The fourth-order valence-corrected chi connectivity index (χ4v) is 1.64. The molecule has 0 aliphatic carbocycles. The van der Waals surface area contributed by atoms with Gasteiger partial charge >= 0.3 is 0 Å². The van der Waals surface area contributed by atoms with Crippen LogP contribution in [0.25, 0.3) is 0 Å². The van der Waals surface area contributed by atoms with Crippen LogP contribution in [0.3, 0.4) is 0 Å². The van der Waals surface area contributed by atoms with Crippen molar-refractivity contribution in [1.29, 1.82) is 0 Å². The van der Waals surface area contributed by atoms with Crippen LogP contribution in [0, 0.1) is 0 Å². The first-order valence-electron chi connectivity index (χ1n) is 4.95. The van der Waals surface area contributed by atoms with Gasteiger partial charge in [-0.2, -0.15) is 0 Å². The minimum absolute atomic E-state index is 0.361. The number of aryl methyl sites for hydroxylation is 1. The Morgan fingerprint density at radius 2 is 1.75 bits per heavy atom. The molecule has 1 aromatic rings. The van der Waals surface area contributed by atoms with Gasteiger partial charge in [0.2, 0.25) is 0 Å². The lowest BCUT2D eigenvalue weighted by atomic mass is 10.0. The Morgan fingerprint density at radius 1 is 1.06 bits per heavy atom. The van der Waals surface area contributed by atoms with Gasteiger partial charge in [-0.05, 0) is 30.5 Å². The summed E-state index contributed by atoms with van der Waals surface area (Å²) in [7, 11) is 0. The van der Waals surface area contributed by atoms with E-state index in [-0.39, 0.29) is 0 Å². The Bertz CT molecular complexity index is 344. The Kier molecular flexibility index (Phi) is 5.52. The van der Waals surface area contributed by atoms with Gasteiger partial charge in [-0.3, -0.25) is 0 Å². The van der Waals surface area contributed by atoms with Crippen LogP contribution in [0.4, 0.5) is 0 Å². The van der Waals surface area contributed by atoms with Gasteiger partial charge in [0.25, 0.3) is 0 Å². The maximum atomic E-state index is 9.43. The summed E-state index contributed by atoms with van der Waals surface area (Å²) in [5, 5.41) is 28.2. The number of hydrogen-bond donors (Lipinski definition) is 3.